The van der Waals surface area contributed by atoms with E-state index in [1.165, 1.54) is 7.11 Å². The number of esters is 1. The van der Waals surface area contributed by atoms with Crippen molar-refractivity contribution in [3.05, 3.63) is 0 Å². The van der Waals surface area contributed by atoms with Crippen LogP contribution in [0.1, 0.15) is 41.5 Å². The van der Waals surface area contributed by atoms with E-state index in [1.54, 1.807) is 0 Å². The number of ether oxygens (including phenoxy) is 1. The van der Waals surface area contributed by atoms with Gasteiger partial charge in [0.25, 0.3) is 0 Å². The molecule has 1 unspecified atom stereocenters. The molecular weight excluding hydrogens is 244 g/mol. The molecule has 1 N–H and O–H groups in total. The van der Waals surface area contributed by atoms with Gasteiger partial charge in [-0.05, 0) is 33.6 Å². The average molecular weight is 272 g/mol. The maximum Gasteiger partial charge on any atom is 0.323 e. The molecule has 0 aromatic rings. The van der Waals surface area contributed by atoms with Gasteiger partial charge in [-0.15, -0.1) is 0 Å². The quantitative estimate of drug-likeness (QED) is 0.712. The number of amides is 1. The number of carbonyl (C=O) groups excluding carboxylic acids is 2. The van der Waals surface area contributed by atoms with Crippen LogP contribution in [-0.2, 0) is 14.3 Å². The summed E-state index contributed by atoms with van der Waals surface area (Å²) >= 11 is 0. The van der Waals surface area contributed by atoms with Crippen LogP contribution < -0.4 is 5.32 Å². The first-order valence-corrected chi connectivity index (χ1v) is 6.84. The lowest BCUT2D eigenvalue weighted by Crippen LogP contribution is -2.50. The lowest BCUT2D eigenvalue weighted by Gasteiger charge is -2.31. The molecule has 0 rings (SSSR count). The van der Waals surface area contributed by atoms with Crippen LogP contribution in [0.5, 0.6) is 0 Å². The molecule has 0 heterocycles. The van der Waals surface area contributed by atoms with Gasteiger partial charge in [0.15, 0.2) is 0 Å². The minimum atomic E-state index is -0.449. The van der Waals surface area contributed by atoms with Crippen molar-refractivity contribution in [2.75, 3.05) is 13.7 Å². The molecule has 0 aromatic carbocycles. The average Bonchev–Trinajstić information content (AvgIpc) is 2.27. The Kier molecular flexibility index (Phi) is 7.68. The van der Waals surface area contributed by atoms with Crippen molar-refractivity contribution in [1.82, 2.24) is 10.2 Å². The van der Waals surface area contributed by atoms with Crippen LogP contribution in [-0.4, -0.2) is 48.6 Å². The highest BCUT2D eigenvalue weighted by molar-refractivity contribution is 5.81. The molecule has 0 aliphatic carbocycles. The molecule has 1 atom stereocenters. The van der Waals surface area contributed by atoms with E-state index in [2.05, 4.69) is 5.32 Å². The van der Waals surface area contributed by atoms with Crippen molar-refractivity contribution in [1.29, 1.82) is 0 Å². The zero-order chi connectivity index (χ0) is 15.2. The first-order valence-electron chi connectivity index (χ1n) is 6.84. The Morgan fingerprint density at radius 2 is 1.53 bits per heavy atom. The second-order valence-corrected chi connectivity index (χ2v) is 5.61. The molecule has 0 radical (unpaired) electrons. The Balaban J connectivity index is 4.59. The van der Waals surface area contributed by atoms with Gasteiger partial charge in [0.05, 0.1) is 13.7 Å². The van der Waals surface area contributed by atoms with Crippen molar-refractivity contribution in [2.45, 2.75) is 59.7 Å². The molecule has 0 saturated carbocycles. The Morgan fingerprint density at radius 3 is 1.84 bits per heavy atom. The Morgan fingerprint density at radius 1 is 1.05 bits per heavy atom. The highest BCUT2D eigenvalue weighted by Gasteiger charge is 2.25. The molecule has 0 saturated heterocycles. The van der Waals surface area contributed by atoms with Crippen LogP contribution in [0.3, 0.4) is 0 Å². The maximum absolute atomic E-state index is 12.2. The van der Waals surface area contributed by atoms with E-state index in [0.29, 0.717) is 0 Å². The highest BCUT2D eigenvalue weighted by atomic mass is 16.5. The van der Waals surface area contributed by atoms with Gasteiger partial charge >= 0.3 is 5.97 Å². The third-order valence-corrected chi connectivity index (χ3v) is 3.00. The molecular formula is C14H28N2O3. The number of nitrogens with one attached hydrogen (secondary N) is 1. The summed E-state index contributed by atoms with van der Waals surface area (Å²) in [5, 5.41) is 2.99. The topological polar surface area (TPSA) is 58.6 Å². The fraction of sp³-hybridized carbons (Fsp3) is 0.857. The SMILES string of the molecule is COC(=O)C(NCC(=O)N(C(C)C)C(C)C)C(C)C. The van der Waals surface area contributed by atoms with Crippen molar-refractivity contribution in [2.24, 2.45) is 5.92 Å². The van der Waals surface area contributed by atoms with Gasteiger partial charge in [-0.1, -0.05) is 13.8 Å². The van der Waals surface area contributed by atoms with Crippen LogP contribution in [0, 0.1) is 5.92 Å². The number of methoxy groups -OCH3 is 1. The normalized spacial score (nSPS) is 12.9. The first-order chi connectivity index (χ1) is 8.72. The summed E-state index contributed by atoms with van der Waals surface area (Å²) in [7, 11) is 1.36. The zero-order valence-corrected chi connectivity index (χ0v) is 13.2. The molecule has 0 bridgehead atoms. The van der Waals surface area contributed by atoms with Crippen molar-refractivity contribution >= 4 is 11.9 Å². The summed E-state index contributed by atoms with van der Waals surface area (Å²) in [5.74, 6) is -0.255. The van der Waals surface area contributed by atoms with E-state index < -0.39 is 6.04 Å². The smallest absolute Gasteiger partial charge is 0.323 e. The van der Waals surface area contributed by atoms with Gasteiger partial charge in [-0.25, -0.2) is 0 Å². The fourth-order valence-corrected chi connectivity index (χ4v) is 2.18. The molecule has 0 fully saturated rings. The minimum absolute atomic E-state index is 0.000414. The monoisotopic (exact) mass is 272 g/mol. The number of rotatable bonds is 7. The molecule has 1 amide bonds. The Hall–Kier alpha value is -1.10. The molecule has 5 heteroatoms. The van der Waals surface area contributed by atoms with Crippen molar-refractivity contribution in [3.63, 3.8) is 0 Å². The Bertz CT molecular complexity index is 293. The van der Waals surface area contributed by atoms with Crippen LogP contribution in [0.15, 0.2) is 0 Å². The van der Waals surface area contributed by atoms with E-state index in [1.807, 2.05) is 46.4 Å². The van der Waals surface area contributed by atoms with Gasteiger partial charge in [0, 0.05) is 12.1 Å². The minimum Gasteiger partial charge on any atom is -0.468 e. The summed E-state index contributed by atoms with van der Waals surface area (Å²) in [5.41, 5.74) is 0. The molecule has 112 valence electrons. The van der Waals surface area contributed by atoms with Crippen LogP contribution >= 0.6 is 0 Å². The summed E-state index contributed by atoms with van der Waals surface area (Å²) in [6, 6.07) is -0.162. The standard InChI is InChI=1S/C14H28N2O3/c1-9(2)13(14(18)19-7)15-8-12(17)16(10(3)4)11(5)6/h9-11,13,15H,8H2,1-7H3. The van der Waals surface area contributed by atoms with E-state index in [9.17, 15) is 9.59 Å². The molecule has 0 aliphatic rings. The fourth-order valence-electron chi connectivity index (χ4n) is 2.18. The summed E-state index contributed by atoms with van der Waals surface area (Å²) in [6.07, 6.45) is 0. The largest absolute Gasteiger partial charge is 0.468 e. The molecule has 19 heavy (non-hydrogen) atoms. The summed E-state index contributed by atoms with van der Waals surface area (Å²) in [6.45, 7) is 11.9. The van der Waals surface area contributed by atoms with Crippen LogP contribution in [0.2, 0.25) is 0 Å². The number of nitrogens with zero attached hydrogens (tertiary/aromatic N) is 1. The molecule has 0 spiro atoms. The second-order valence-electron chi connectivity index (χ2n) is 5.61. The second kappa shape index (κ2) is 8.15. The maximum atomic E-state index is 12.2. The third-order valence-electron chi connectivity index (χ3n) is 3.00. The lowest BCUT2D eigenvalue weighted by molar-refractivity contribution is -0.144. The number of hydrogen-bond donors (Lipinski definition) is 1. The van der Waals surface area contributed by atoms with E-state index in [0.717, 1.165) is 0 Å². The van der Waals surface area contributed by atoms with Gasteiger partial charge in [-0.3, -0.25) is 14.9 Å². The molecule has 0 aliphatic heterocycles. The van der Waals surface area contributed by atoms with Crippen LogP contribution in [0.25, 0.3) is 0 Å². The number of hydrogen-bond acceptors (Lipinski definition) is 4. The zero-order valence-electron chi connectivity index (χ0n) is 13.2. The lowest BCUT2D eigenvalue weighted by atomic mass is 10.0. The van der Waals surface area contributed by atoms with E-state index in [-0.39, 0.29) is 36.4 Å². The van der Waals surface area contributed by atoms with Gasteiger partial charge < -0.3 is 9.64 Å². The summed E-state index contributed by atoms with van der Waals surface area (Å²) < 4.78 is 4.73. The van der Waals surface area contributed by atoms with Crippen LogP contribution in [0.4, 0.5) is 0 Å². The van der Waals surface area contributed by atoms with Gasteiger partial charge in [0.2, 0.25) is 5.91 Å². The molecule has 0 aromatic heterocycles. The van der Waals surface area contributed by atoms with Crippen molar-refractivity contribution < 1.29 is 14.3 Å². The predicted octanol–water partition coefficient (Wildman–Crippen LogP) is 1.42. The number of carbonyl (C=O) groups is 2. The highest BCUT2D eigenvalue weighted by Crippen LogP contribution is 2.07. The van der Waals surface area contributed by atoms with E-state index in [4.69, 9.17) is 4.74 Å². The summed E-state index contributed by atoms with van der Waals surface area (Å²) in [4.78, 5) is 25.6. The predicted molar refractivity (Wildman–Crippen MR) is 75.8 cm³/mol. The first kappa shape index (κ1) is 17.9. The Labute approximate surface area is 116 Å². The third kappa shape index (κ3) is 5.59. The molecule has 5 nitrogen and oxygen atoms in total. The van der Waals surface area contributed by atoms with Crippen molar-refractivity contribution in [3.8, 4) is 0 Å². The van der Waals surface area contributed by atoms with E-state index >= 15 is 0 Å². The van der Waals surface area contributed by atoms with Gasteiger partial charge in [-0.2, -0.15) is 0 Å². The van der Waals surface area contributed by atoms with Gasteiger partial charge in [0.1, 0.15) is 6.04 Å².